The van der Waals surface area contributed by atoms with Crippen LogP contribution in [-0.4, -0.2) is 37.7 Å². The predicted molar refractivity (Wildman–Crippen MR) is 51.3 cm³/mol. The third-order valence-corrected chi connectivity index (χ3v) is 2.18. The van der Waals surface area contributed by atoms with Crippen LogP contribution in [0.2, 0.25) is 0 Å². The molecule has 12 heavy (non-hydrogen) atoms. The van der Waals surface area contributed by atoms with E-state index in [9.17, 15) is 0 Å². The fourth-order valence-corrected chi connectivity index (χ4v) is 1.67. The number of likely N-dealkylation sites (N-methyl/N-ethyl adjacent to an activating group) is 1. The predicted octanol–water partition coefficient (Wildman–Crippen LogP) is 1.75. The van der Waals surface area contributed by atoms with E-state index >= 15 is 0 Å². The second-order valence-corrected chi connectivity index (χ2v) is 5.02. The number of ether oxygens (including phenoxy) is 1. The Morgan fingerprint density at radius 1 is 1.42 bits per heavy atom. The summed E-state index contributed by atoms with van der Waals surface area (Å²) in [7, 11) is 2.16. The Labute approximate surface area is 75.9 Å². The molecule has 1 heterocycles. The number of nitrogens with zero attached hydrogens (tertiary/aromatic N) is 1. The zero-order chi connectivity index (χ0) is 9.19. The number of hydrogen-bond acceptors (Lipinski definition) is 2. The van der Waals surface area contributed by atoms with Crippen molar-refractivity contribution in [1.29, 1.82) is 0 Å². The first kappa shape index (κ1) is 10.0. The standard InChI is InChI=1S/C10H21NO/c1-10(2,3)7-9-8-11(4)5-6-12-9/h9H,5-8H2,1-4H3/t9-/m0/s1. The zero-order valence-corrected chi connectivity index (χ0v) is 8.76. The van der Waals surface area contributed by atoms with E-state index in [4.69, 9.17) is 4.74 Å². The first-order chi connectivity index (χ1) is 5.47. The maximum Gasteiger partial charge on any atom is 0.0707 e. The normalized spacial score (nSPS) is 27.5. The van der Waals surface area contributed by atoms with E-state index in [-0.39, 0.29) is 0 Å². The summed E-state index contributed by atoms with van der Waals surface area (Å²) in [6.45, 7) is 9.88. The fourth-order valence-electron chi connectivity index (χ4n) is 1.67. The van der Waals surface area contributed by atoms with Crippen molar-refractivity contribution in [1.82, 2.24) is 4.90 Å². The van der Waals surface area contributed by atoms with E-state index in [1.165, 1.54) is 0 Å². The van der Waals surface area contributed by atoms with Crippen molar-refractivity contribution >= 4 is 0 Å². The first-order valence-electron chi connectivity index (χ1n) is 4.77. The minimum absolute atomic E-state index is 0.392. The number of morpholine rings is 1. The highest BCUT2D eigenvalue weighted by molar-refractivity contribution is 4.74. The van der Waals surface area contributed by atoms with Crippen molar-refractivity contribution in [3.8, 4) is 0 Å². The monoisotopic (exact) mass is 171 g/mol. The van der Waals surface area contributed by atoms with Crippen LogP contribution in [-0.2, 0) is 4.74 Å². The Balaban J connectivity index is 2.32. The Morgan fingerprint density at radius 2 is 2.08 bits per heavy atom. The molecule has 1 saturated heterocycles. The number of rotatable bonds is 1. The molecule has 0 aromatic carbocycles. The Morgan fingerprint density at radius 3 is 2.58 bits per heavy atom. The van der Waals surface area contributed by atoms with E-state index in [0.717, 1.165) is 26.1 Å². The molecule has 0 unspecified atom stereocenters. The van der Waals surface area contributed by atoms with Gasteiger partial charge in [-0.3, -0.25) is 0 Å². The molecule has 0 aromatic rings. The van der Waals surface area contributed by atoms with Crippen LogP contribution in [0, 0.1) is 5.41 Å². The zero-order valence-electron chi connectivity index (χ0n) is 8.76. The lowest BCUT2D eigenvalue weighted by Crippen LogP contribution is -2.41. The summed E-state index contributed by atoms with van der Waals surface area (Å²) in [5, 5.41) is 0. The second kappa shape index (κ2) is 3.75. The summed E-state index contributed by atoms with van der Waals surface area (Å²) < 4.78 is 5.68. The minimum atomic E-state index is 0.392. The molecular formula is C10H21NO. The fraction of sp³-hybridized carbons (Fsp3) is 1.00. The van der Waals surface area contributed by atoms with Gasteiger partial charge in [-0.15, -0.1) is 0 Å². The van der Waals surface area contributed by atoms with Gasteiger partial charge in [0.25, 0.3) is 0 Å². The summed E-state index contributed by atoms with van der Waals surface area (Å²) in [6, 6.07) is 0. The third-order valence-electron chi connectivity index (χ3n) is 2.18. The van der Waals surface area contributed by atoms with Gasteiger partial charge >= 0.3 is 0 Å². The van der Waals surface area contributed by atoms with Gasteiger partial charge in [0.15, 0.2) is 0 Å². The molecule has 0 bridgehead atoms. The summed E-state index contributed by atoms with van der Waals surface area (Å²) in [4.78, 5) is 2.35. The third kappa shape index (κ3) is 3.55. The lowest BCUT2D eigenvalue weighted by Gasteiger charge is -2.33. The van der Waals surface area contributed by atoms with Gasteiger partial charge in [0.2, 0.25) is 0 Å². The van der Waals surface area contributed by atoms with Gasteiger partial charge in [0.1, 0.15) is 0 Å². The second-order valence-electron chi connectivity index (χ2n) is 5.02. The van der Waals surface area contributed by atoms with Crippen LogP contribution in [0.4, 0.5) is 0 Å². The van der Waals surface area contributed by atoms with Crippen molar-refractivity contribution in [2.45, 2.75) is 33.3 Å². The molecule has 1 aliphatic rings. The Bertz CT molecular complexity index is 139. The Kier molecular flexibility index (Phi) is 3.13. The highest BCUT2D eigenvalue weighted by atomic mass is 16.5. The smallest absolute Gasteiger partial charge is 0.0707 e. The van der Waals surface area contributed by atoms with E-state index in [2.05, 4.69) is 32.7 Å². The SMILES string of the molecule is CN1CCO[C@@H](CC(C)(C)C)C1. The van der Waals surface area contributed by atoms with E-state index in [1.54, 1.807) is 0 Å². The van der Waals surface area contributed by atoms with E-state index < -0.39 is 0 Å². The van der Waals surface area contributed by atoms with Gasteiger partial charge in [-0.05, 0) is 18.9 Å². The van der Waals surface area contributed by atoms with Crippen LogP contribution < -0.4 is 0 Å². The molecule has 0 aliphatic carbocycles. The molecule has 0 N–H and O–H groups in total. The quantitative estimate of drug-likeness (QED) is 0.596. The number of hydrogen-bond donors (Lipinski definition) is 0. The molecule has 0 spiro atoms. The molecule has 0 radical (unpaired) electrons. The molecular weight excluding hydrogens is 150 g/mol. The van der Waals surface area contributed by atoms with E-state index in [0.29, 0.717) is 11.5 Å². The summed E-state index contributed by atoms with van der Waals surface area (Å²) in [5.41, 5.74) is 0.392. The summed E-state index contributed by atoms with van der Waals surface area (Å²) in [6.07, 6.45) is 1.61. The van der Waals surface area contributed by atoms with Crippen LogP contribution in [0.3, 0.4) is 0 Å². The van der Waals surface area contributed by atoms with Crippen LogP contribution >= 0.6 is 0 Å². The molecule has 1 rings (SSSR count). The van der Waals surface area contributed by atoms with Crippen LogP contribution in [0.15, 0.2) is 0 Å². The van der Waals surface area contributed by atoms with E-state index in [1.807, 2.05) is 0 Å². The van der Waals surface area contributed by atoms with Crippen molar-refractivity contribution < 1.29 is 4.74 Å². The van der Waals surface area contributed by atoms with Crippen LogP contribution in [0.1, 0.15) is 27.2 Å². The average Bonchev–Trinajstić information content (AvgIpc) is 1.82. The first-order valence-corrected chi connectivity index (χ1v) is 4.77. The van der Waals surface area contributed by atoms with Gasteiger partial charge in [-0.2, -0.15) is 0 Å². The lowest BCUT2D eigenvalue weighted by molar-refractivity contribution is -0.0375. The Hall–Kier alpha value is -0.0800. The molecule has 0 saturated carbocycles. The maximum absolute atomic E-state index is 5.68. The molecule has 72 valence electrons. The summed E-state index contributed by atoms with van der Waals surface area (Å²) in [5.74, 6) is 0. The maximum atomic E-state index is 5.68. The highest BCUT2D eigenvalue weighted by Crippen LogP contribution is 2.23. The average molecular weight is 171 g/mol. The molecule has 0 amide bonds. The molecule has 0 aromatic heterocycles. The van der Waals surface area contributed by atoms with Crippen molar-refractivity contribution in [2.24, 2.45) is 5.41 Å². The largest absolute Gasteiger partial charge is 0.376 e. The molecule has 2 nitrogen and oxygen atoms in total. The van der Waals surface area contributed by atoms with Crippen molar-refractivity contribution in [2.75, 3.05) is 26.7 Å². The van der Waals surface area contributed by atoms with Crippen molar-refractivity contribution in [3.63, 3.8) is 0 Å². The summed E-state index contributed by atoms with van der Waals surface area (Å²) >= 11 is 0. The van der Waals surface area contributed by atoms with Gasteiger partial charge in [0, 0.05) is 13.1 Å². The van der Waals surface area contributed by atoms with Crippen LogP contribution in [0.5, 0.6) is 0 Å². The van der Waals surface area contributed by atoms with Gasteiger partial charge < -0.3 is 9.64 Å². The topological polar surface area (TPSA) is 12.5 Å². The van der Waals surface area contributed by atoms with Crippen molar-refractivity contribution in [3.05, 3.63) is 0 Å². The van der Waals surface area contributed by atoms with Crippen LogP contribution in [0.25, 0.3) is 0 Å². The molecule has 2 heteroatoms. The van der Waals surface area contributed by atoms with Gasteiger partial charge in [-0.25, -0.2) is 0 Å². The molecule has 1 fully saturated rings. The van der Waals surface area contributed by atoms with Gasteiger partial charge in [-0.1, -0.05) is 20.8 Å². The minimum Gasteiger partial charge on any atom is -0.376 e. The van der Waals surface area contributed by atoms with Gasteiger partial charge in [0.05, 0.1) is 12.7 Å². The molecule has 1 aliphatic heterocycles. The highest BCUT2D eigenvalue weighted by Gasteiger charge is 2.23. The lowest BCUT2D eigenvalue weighted by atomic mass is 9.89. The molecule has 1 atom stereocenters.